The summed E-state index contributed by atoms with van der Waals surface area (Å²) in [6.45, 7) is 7.47. The molecular formula is C31H32N2O6. The first-order valence-corrected chi connectivity index (χ1v) is 13.0. The van der Waals surface area contributed by atoms with E-state index in [0.717, 1.165) is 18.4 Å². The lowest BCUT2D eigenvalue weighted by atomic mass is 9.83. The third-order valence-electron chi connectivity index (χ3n) is 6.16. The molecule has 1 aliphatic rings. The molecule has 0 radical (unpaired) electrons. The molecular weight excluding hydrogens is 496 g/mol. The van der Waals surface area contributed by atoms with Crippen LogP contribution in [0.5, 0.6) is 28.7 Å². The Morgan fingerprint density at radius 3 is 2.33 bits per heavy atom. The molecule has 4 rings (SSSR count). The lowest BCUT2D eigenvalue weighted by molar-refractivity contribution is 0.0734. The Morgan fingerprint density at radius 1 is 0.923 bits per heavy atom. The van der Waals surface area contributed by atoms with Crippen LogP contribution in [0.3, 0.4) is 0 Å². The van der Waals surface area contributed by atoms with Crippen LogP contribution in [-0.2, 0) is 0 Å². The zero-order chi connectivity index (χ0) is 27.8. The normalized spacial score (nSPS) is 14.1. The largest absolute Gasteiger partial charge is 0.494 e. The Kier molecular flexibility index (Phi) is 8.95. The first-order valence-electron chi connectivity index (χ1n) is 13.0. The third-order valence-corrected chi connectivity index (χ3v) is 6.16. The summed E-state index contributed by atoms with van der Waals surface area (Å²) < 4.78 is 28.5. The highest BCUT2D eigenvalue weighted by atomic mass is 16.5. The number of nitrogens with zero attached hydrogens (tertiary/aromatic N) is 1. The predicted molar refractivity (Wildman–Crippen MR) is 146 cm³/mol. The van der Waals surface area contributed by atoms with E-state index in [1.807, 2.05) is 32.0 Å². The second-order valence-electron chi connectivity index (χ2n) is 8.81. The Bertz CT molecular complexity index is 1390. The van der Waals surface area contributed by atoms with E-state index in [0.29, 0.717) is 53.9 Å². The number of nitrogens with two attached hydrogens (primary N) is 1. The summed E-state index contributed by atoms with van der Waals surface area (Å²) in [5.74, 6) is 1.55. The molecule has 3 aromatic rings. The number of hydrogen-bond donors (Lipinski definition) is 1. The van der Waals surface area contributed by atoms with Crippen molar-refractivity contribution >= 4 is 5.97 Å². The maximum absolute atomic E-state index is 12.8. The molecule has 2 N–H and O–H groups in total. The molecule has 0 fully saturated rings. The van der Waals surface area contributed by atoms with Gasteiger partial charge in [-0.1, -0.05) is 25.5 Å². The number of allylic oxidation sites excluding steroid dienone is 1. The van der Waals surface area contributed by atoms with Crippen LogP contribution in [0.15, 0.2) is 72.1 Å². The van der Waals surface area contributed by atoms with Gasteiger partial charge >= 0.3 is 5.97 Å². The Morgan fingerprint density at radius 2 is 1.64 bits per heavy atom. The molecule has 202 valence electrons. The quantitative estimate of drug-likeness (QED) is 0.180. The summed E-state index contributed by atoms with van der Waals surface area (Å²) in [4.78, 5) is 12.8. The van der Waals surface area contributed by atoms with E-state index in [9.17, 15) is 10.1 Å². The molecule has 0 aliphatic carbocycles. The van der Waals surface area contributed by atoms with Gasteiger partial charge in [-0.25, -0.2) is 4.79 Å². The summed E-state index contributed by atoms with van der Waals surface area (Å²) in [6.07, 6.45) is 2.01. The smallest absolute Gasteiger partial charge is 0.343 e. The average Bonchev–Trinajstić information content (AvgIpc) is 2.94. The van der Waals surface area contributed by atoms with Gasteiger partial charge in [-0.05, 0) is 68.3 Å². The van der Waals surface area contributed by atoms with Crippen molar-refractivity contribution in [1.82, 2.24) is 0 Å². The zero-order valence-corrected chi connectivity index (χ0v) is 22.4. The standard InChI is InChI=1S/C31H32N2O6/c1-4-7-16-37-22-11-8-20(9-12-22)31(34)38-23-13-14-24-27(18-23)39-30(33)25(19-32)29(24)21-10-15-26(35-5-2)28(17-21)36-6-3/h8-15,17-18,29H,4-7,16,33H2,1-3H3. The van der Waals surface area contributed by atoms with Crippen LogP contribution in [0, 0.1) is 11.3 Å². The van der Waals surface area contributed by atoms with Crippen molar-refractivity contribution in [3.05, 3.63) is 88.8 Å². The summed E-state index contributed by atoms with van der Waals surface area (Å²) in [5, 5.41) is 9.91. The zero-order valence-electron chi connectivity index (χ0n) is 22.4. The first-order chi connectivity index (χ1) is 19.0. The van der Waals surface area contributed by atoms with Crippen LogP contribution in [-0.4, -0.2) is 25.8 Å². The number of esters is 1. The molecule has 0 amide bonds. The average molecular weight is 529 g/mol. The fourth-order valence-electron chi connectivity index (χ4n) is 4.28. The highest BCUT2D eigenvalue weighted by Crippen LogP contribution is 2.45. The highest BCUT2D eigenvalue weighted by molar-refractivity contribution is 5.91. The first kappa shape index (κ1) is 27.4. The molecule has 39 heavy (non-hydrogen) atoms. The van der Waals surface area contributed by atoms with Gasteiger partial charge in [0.2, 0.25) is 5.88 Å². The molecule has 0 spiro atoms. The number of hydrogen-bond acceptors (Lipinski definition) is 8. The predicted octanol–water partition coefficient (Wildman–Crippen LogP) is 6.10. The Labute approximate surface area is 228 Å². The van der Waals surface area contributed by atoms with E-state index >= 15 is 0 Å². The Hall–Kier alpha value is -4.64. The maximum atomic E-state index is 12.8. The van der Waals surface area contributed by atoms with Gasteiger partial charge in [-0.3, -0.25) is 0 Å². The number of carbonyl (C=O) groups excluding carboxylic acids is 1. The fraction of sp³-hybridized carbons (Fsp3) is 0.290. The van der Waals surface area contributed by atoms with Crippen molar-refractivity contribution in [1.29, 1.82) is 5.26 Å². The summed E-state index contributed by atoms with van der Waals surface area (Å²) in [6, 6.07) is 19.6. The molecule has 8 heteroatoms. The summed E-state index contributed by atoms with van der Waals surface area (Å²) in [5.41, 5.74) is 8.33. The number of nitriles is 1. The molecule has 1 unspecified atom stereocenters. The molecule has 0 bridgehead atoms. The molecule has 1 heterocycles. The maximum Gasteiger partial charge on any atom is 0.343 e. The lowest BCUT2D eigenvalue weighted by Gasteiger charge is -2.27. The van der Waals surface area contributed by atoms with E-state index in [1.54, 1.807) is 42.5 Å². The third kappa shape index (κ3) is 6.27. The van der Waals surface area contributed by atoms with Crippen molar-refractivity contribution in [3.8, 4) is 34.8 Å². The van der Waals surface area contributed by atoms with Gasteiger partial charge < -0.3 is 29.4 Å². The molecule has 0 saturated heterocycles. The minimum absolute atomic E-state index is 0.0102. The van der Waals surface area contributed by atoms with Crippen LogP contribution < -0.4 is 29.4 Å². The molecule has 8 nitrogen and oxygen atoms in total. The van der Waals surface area contributed by atoms with Crippen molar-refractivity contribution in [2.75, 3.05) is 19.8 Å². The van der Waals surface area contributed by atoms with Gasteiger partial charge in [0.1, 0.15) is 28.9 Å². The second kappa shape index (κ2) is 12.7. The van der Waals surface area contributed by atoms with Crippen molar-refractivity contribution < 1.29 is 28.5 Å². The van der Waals surface area contributed by atoms with E-state index < -0.39 is 11.9 Å². The van der Waals surface area contributed by atoms with Crippen LogP contribution in [0.25, 0.3) is 0 Å². The second-order valence-corrected chi connectivity index (χ2v) is 8.81. The number of fused-ring (bicyclic) bond motifs is 1. The summed E-state index contributed by atoms with van der Waals surface area (Å²) in [7, 11) is 0. The number of rotatable bonds is 11. The van der Waals surface area contributed by atoms with Crippen LogP contribution in [0.4, 0.5) is 0 Å². The van der Waals surface area contributed by atoms with E-state index in [-0.39, 0.29) is 17.2 Å². The van der Waals surface area contributed by atoms with Crippen molar-refractivity contribution in [3.63, 3.8) is 0 Å². The van der Waals surface area contributed by atoms with Gasteiger partial charge in [0.25, 0.3) is 0 Å². The van der Waals surface area contributed by atoms with Gasteiger partial charge in [0, 0.05) is 11.6 Å². The van der Waals surface area contributed by atoms with Crippen molar-refractivity contribution in [2.45, 2.75) is 39.5 Å². The highest BCUT2D eigenvalue weighted by Gasteiger charge is 2.32. The number of benzene rings is 3. The van der Waals surface area contributed by atoms with E-state index in [1.165, 1.54) is 0 Å². The topological polar surface area (TPSA) is 113 Å². The monoisotopic (exact) mass is 528 g/mol. The SMILES string of the molecule is CCCCOc1ccc(C(=O)Oc2ccc3c(c2)OC(N)=C(C#N)C3c2ccc(OCC)c(OCC)c2)cc1. The molecule has 1 atom stereocenters. The van der Waals surface area contributed by atoms with Crippen LogP contribution in [0.2, 0.25) is 0 Å². The van der Waals surface area contributed by atoms with Crippen LogP contribution in [0.1, 0.15) is 61.0 Å². The van der Waals surface area contributed by atoms with Crippen LogP contribution >= 0.6 is 0 Å². The molecule has 3 aromatic carbocycles. The molecule has 0 saturated carbocycles. The van der Waals surface area contributed by atoms with E-state index in [4.69, 9.17) is 29.4 Å². The molecule has 1 aliphatic heterocycles. The molecule has 0 aromatic heterocycles. The van der Waals surface area contributed by atoms with Gasteiger partial charge in [0.05, 0.1) is 31.3 Å². The minimum atomic E-state index is -0.517. The number of carbonyl (C=O) groups is 1. The fourth-order valence-corrected chi connectivity index (χ4v) is 4.28. The number of ether oxygens (including phenoxy) is 5. The van der Waals surface area contributed by atoms with Gasteiger partial charge in [-0.2, -0.15) is 5.26 Å². The minimum Gasteiger partial charge on any atom is -0.494 e. The van der Waals surface area contributed by atoms with E-state index in [2.05, 4.69) is 13.0 Å². The Balaban J connectivity index is 1.59. The van der Waals surface area contributed by atoms with Gasteiger partial charge in [0.15, 0.2) is 11.5 Å². The summed E-state index contributed by atoms with van der Waals surface area (Å²) >= 11 is 0. The number of unbranched alkanes of at least 4 members (excludes halogenated alkanes) is 1. The van der Waals surface area contributed by atoms with Gasteiger partial charge in [-0.15, -0.1) is 0 Å². The lowest BCUT2D eigenvalue weighted by Crippen LogP contribution is -2.21. The van der Waals surface area contributed by atoms with Crippen molar-refractivity contribution in [2.24, 2.45) is 5.73 Å².